The molecular formula is C13H11N3S. The summed E-state index contributed by atoms with van der Waals surface area (Å²) in [4.78, 5) is 1.19. The van der Waals surface area contributed by atoms with Crippen molar-refractivity contribution in [2.75, 3.05) is 5.73 Å². The van der Waals surface area contributed by atoms with E-state index in [1.807, 2.05) is 30.3 Å². The highest BCUT2D eigenvalue weighted by Crippen LogP contribution is 2.27. The van der Waals surface area contributed by atoms with Gasteiger partial charge in [0.1, 0.15) is 0 Å². The van der Waals surface area contributed by atoms with E-state index in [9.17, 15) is 0 Å². The van der Waals surface area contributed by atoms with Gasteiger partial charge in [0.15, 0.2) is 0 Å². The maximum Gasteiger partial charge on any atom is 0.0927 e. The number of nitrogens with two attached hydrogens (primary N) is 1. The Morgan fingerprint density at radius 1 is 1.12 bits per heavy atom. The molecule has 0 spiro atoms. The number of H-pyrrole nitrogens is 1. The first kappa shape index (κ1) is 10.1. The third-order valence-corrected chi connectivity index (χ3v) is 3.47. The molecule has 0 saturated heterocycles. The van der Waals surface area contributed by atoms with E-state index in [-0.39, 0.29) is 0 Å². The lowest BCUT2D eigenvalue weighted by atomic mass is 10.1. The quantitative estimate of drug-likeness (QED) is 0.676. The van der Waals surface area contributed by atoms with E-state index in [4.69, 9.17) is 5.73 Å². The molecule has 0 fully saturated rings. The summed E-state index contributed by atoms with van der Waals surface area (Å²) in [6, 6.07) is 13.9. The van der Waals surface area contributed by atoms with Crippen LogP contribution >= 0.6 is 11.3 Å². The molecule has 0 bridgehead atoms. The Morgan fingerprint density at radius 3 is 2.65 bits per heavy atom. The Balaban J connectivity index is 1.98. The summed E-state index contributed by atoms with van der Waals surface area (Å²) in [5.74, 6) is 0. The minimum absolute atomic E-state index is 0.766. The molecule has 3 aromatic rings. The van der Waals surface area contributed by atoms with Crippen LogP contribution in [-0.2, 0) is 0 Å². The van der Waals surface area contributed by atoms with Gasteiger partial charge in [-0.25, -0.2) is 0 Å². The van der Waals surface area contributed by atoms with Crippen molar-refractivity contribution < 1.29 is 0 Å². The van der Waals surface area contributed by atoms with E-state index >= 15 is 0 Å². The number of thiophene rings is 1. The van der Waals surface area contributed by atoms with E-state index in [0.29, 0.717) is 0 Å². The zero-order valence-corrected chi connectivity index (χ0v) is 9.87. The first-order valence-corrected chi connectivity index (χ1v) is 6.16. The van der Waals surface area contributed by atoms with Crippen molar-refractivity contribution in [1.29, 1.82) is 0 Å². The van der Waals surface area contributed by atoms with Crippen molar-refractivity contribution in [1.82, 2.24) is 10.2 Å². The molecule has 3 N–H and O–H groups in total. The maximum atomic E-state index is 5.66. The molecule has 0 aliphatic heterocycles. The van der Waals surface area contributed by atoms with Gasteiger partial charge in [0.25, 0.3) is 0 Å². The zero-order valence-electron chi connectivity index (χ0n) is 9.05. The second kappa shape index (κ2) is 4.07. The van der Waals surface area contributed by atoms with Gasteiger partial charge in [-0.3, -0.25) is 5.10 Å². The molecule has 3 rings (SSSR count). The zero-order chi connectivity index (χ0) is 11.7. The Labute approximate surface area is 103 Å². The molecule has 0 unspecified atom stereocenters. The highest BCUT2D eigenvalue weighted by Gasteiger charge is 2.05. The van der Waals surface area contributed by atoms with Crippen molar-refractivity contribution in [2.24, 2.45) is 0 Å². The van der Waals surface area contributed by atoms with Crippen LogP contribution in [0.5, 0.6) is 0 Å². The fourth-order valence-corrected chi connectivity index (χ4v) is 2.37. The molecule has 0 atom stereocenters. The summed E-state index contributed by atoms with van der Waals surface area (Å²) in [6.45, 7) is 0. The molecule has 0 amide bonds. The fraction of sp³-hybridized carbons (Fsp3) is 0. The monoisotopic (exact) mass is 241 g/mol. The SMILES string of the molecule is Nc1ccc(-c2cc(-c3cccs3)[nH]n2)cc1. The van der Waals surface area contributed by atoms with Crippen molar-refractivity contribution in [3.63, 3.8) is 0 Å². The first-order valence-electron chi connectivity index (χ1n) is 5.28. The van der Waals surface area contributed by atoms with Crippen molar-refractivity contribution >= 4 is 17.0 Å². The van der Waals surface area contributed by atoms with Crippen LogP contribution in [0.4, 0.5) is 5.69 Å². The average molecular weight is 241 g/mol. The standard InChI is InChI=1S/C13H11N3S/c14-10-5-3-9(4-6-10)11-8-12(16-15-11)13-2-1-7-17-13/h1-8H,14H2,(H,15,16). The normalized spacial score (nSPS) is 10.6. The average Bonchev–Trinajstić information content (AvgIpc) is 3.00. The molecule has 0 aliphatic rings. The van der Waals surface area contributed by atoms with Gasteiger partial charge in [-0.1, -0.05) is 18.2 Å². The fourth-order valence-electron chi connectivity index (χ4n) is 1.68. The molecule has 17 heavy (non-hydrogen) atoms. The molecule has 0 saturated carbocycles. The van der Waals surface area contributed by atoms with Gasteiger partial charge in [-0.15, -0.1) is 11.3 Å². The molecule has 0 aliphatic carbocycles. The number of hydrogen-bond acceptors (Lipinski definition) is 3. The van der Waals surface area contributed by atoms with Gasteiger partial charge in [-0.05, 0) is 29.6 Å². The number of rotatable bonds is 2. The summed E-state index contributed by atoms with van der Waals surface area (Å²) in [7, 11) is 0. The highest BCUT2D eigenvalue weighted by atomic mass is 32.1. The van der Waals surface area contributed by atoms with Crippen molar-refractivity contribution in [2.45, 2.75) is 0 Å². The first-order chi connectivity index (χ1) is 8.33. The molecular weight excluding hydrogens is 230 g/mol. The Kier molecular flexibility index (Phi) is 2.42. The number of benzene rings is 1. The Bertz CT molecular complexity index is 608. The largest absolute Gasteiger partial charge is 0.399 e. The smallest absolute Gasteiger partial charge is 0.0927 e. The molecule has 2 heterocycles. The van der Waals surface area contributed by atoms with Gasteiger partial charge >= 0.3 is 0 Å². The minimum Gasteiger partial charge on any atom is -0.399 e. The molecule has 84 valence electrons. The summed E-state index contributed by atoms with van der Waals surface area (Å²) >= 11 is 1.70. The number of nitrogens with one attached hydrogen (secondary N) is 1. The van der Waals surface area contributed by atoms with Crippen LogP contribution < -0.4 is 5.73 Å². The van der Waals surface area contributed by atoms with E-state index in [0.717, 1.165) is 22.6 Å². The Morgan fingerprint density at radius 2 is 1.94 bits per heavy atom. The van der Waals surface area contributed by atoms with Crippen LogP contribution in [0.25, 0.3) is 21.8 Å². The van der Waals surface area contributed by atoms with Crippen LogP contribution in [0.1, 0.15) is 0 Å². The summed E-state index contributed by atoms with van der Waals surface area (Å²) in [6.07, 6.45) is 0. The van der Waals surface area contributed by atoms with E-state index in [2.05, 4.69) is 27.7 Å². The highest BCUT2D eigenvalue weighted by molar-refractivity contribution is 7.13. The Hall–Kier alpha value is -2.07. The van der Waals surface area contributed by atoms with Crippen molar-refractivity contribution in [3.8, 4) is 21.8 Å². The van der Waals surface area contributed by atoms with Crippen LogP contribution in [0.2, 0.25) is 0 Å². The lowest BCUT2D eigenvalue weighted by Crippen LogP contribution is -1.83. The lowest BCUT2D eigenvalue weighted by Gasteiger charge is -1.96. The third kappa shape index (κ3) is 1.94. The van der Waals surface area contributed by atoms with E-state index < -0.39 is 0 Å². The summed E-state index contributed by atoms with van der Waals surface area (Å²) in [5.41, 5.74) is 9.48. The summed E-state index contributed by atoms with van der Waals surface area (Å²) < 4.78 is 0. The second-order valence-electron chi connectivity index (χ2n) is 3.77. The lowest BCUT2D eigenvalue weighted by molar-refractivity contribution is 1.10. The van der Waals surface area contributed by atoms with Gasteiger partial charge < -0.3 is 5.73 Å². The number of nitrogen functional groups attached to an aromatic ring is 1. The topological polar surface area (TPSA) is 54.7 Å². The predicted molar refractivity (Wildman–Crippen MR) is 71.7 cm³/mol. The molecule has 3 nitrogen and oxygen atoms in total. The number of nitrogens with zero attached hydrogens (tertiary/aromatic N) is 1. The number of anilines is 1. The third-order valence-electron chi connectivity index (χ3n) is 2.57. The van der Waals surface area contributed by atoms with Gasteiger partial charge in [0.05, 0.1) is 16.3 Å². The van der Waals surface area contributed by atoms with Gasteiger partial charge in [0, 0.05) is 11.3 Å². The van der Waals surface area contributed by atoms with Gasteiger partial charge in [0.2, 0.25) is 0 Å². The summed E-state index contributed by atoms with van der Waals surface area (Å²) in [5, 5.41) is 9.42. The predicted octanol–water partition coefficient (Wildman–Crippen LogP) is 3.39. The van der Waals surface area contributed by atoms with Crippen LogP contribution in [0, 0.1) is 0 Å². The van der Waals surface area contributed by atoms with Crippen LogP contribution in [0.3, 0.4) is 0 Å². The molecule has 1 aromatic carbocycles. The van der Waals surface area contributed by atoms with Gasteiger partial charge in [-0.2, -0.15) is 5.10 Å². The van der Waals surface area contributed by atoms with Crippen LogP contribution in [-0.4, -0.2) is 10.2 Å². The van der Waals surface area contributed by atoms with E-state index in [1.165, 1.54) is 4.88 Å². The second-order valence-corrected chi connectivity index (χ2v) is 4.71. The van der Waals surface area contributed by atoms with Crippen LogP contribution in [0.15, 0.2) is 47.8 Å². The number of hydrogen-bond donors (Lipinski definition) is 2. The number of aromatic amines is 1. The molecule has 4 heteroatoms. The number of aromatic nitrogens is 2. The minimum atomic E-state index is 0.766. The molecule has 2 aromatic heterocycles. The maximum absolute atomic E-state index is 5.66. The van der Waals surface area contributed by atoms with Crippen molar-refractivity contribution in [3.05, 3.63) is 47.8 Å². The van der Waals surface area contributed by atoms with E-state index in [1.54, 1.807) is 11.3 Å². The molecule has 0 radical (unpaired) electrons.